The highest BCUT2D eigenvalue weighted by Gasteiger charge is 2.37. The Kier molecular flexibility index (Phi) is 9.15. The summed E-state index contributed by atoms with van der Waals surface area (Å²) in [4.78, 5) is 14.2. The molecule has 150 valence electrons. The van der Waals surface area contributed by atoms with Crippen LogP contribution in [0, 0.1) is 5.92 Å². The first kappa shape index (κ1) is 24.4. The largest absolute Gasteiger partial charge is 0.444 e. The standard InChI is InChI=1S/C19H42N2O3Si/c1-15(2)16(20)14-21(17(22)24-18(3,4)5)12-11-13-23-25(9,10)19(6,7)8/h15-16H,11-14,20H2,1-10H3/t16-/m0/s1. The summed E-state index contributed by atoms with van der Waals surface area (Å²) in [6, 6.07) is -0.0613. The number of rotatable bonds is 8. The van der Waals surface area contributed by atoms with Gasteiger partial charge in [-0.1, -0.05) is 34.6 Å². The second kappa shape index (κ2) is 9.37. The topological polar surface area (TPSA) is 64.8 Å². The molecule has 5 nitrogen and oxygen atoms in total. The van der Waals surface area contributed by atoms with Crippen LogP contribution in [0.15, 0.2) is 0 Å². The fraction of sp³-hybridized carbons (Fsp3) is 0.947. The first-order chi connectivity index (χ1) is 11.1. The predicted octanol–water partition coefficient (Wildman–Crippen LogP) is 4.62. The van der Waals surface area contributed by atoms with Crippen LogP contribution in [0.25, 0.3) is 0 Å². The predicted molar refractivity (Wildman–Crippen MR) is 108 cm³/mol. The number of carbonyl (C=O) groups excluding carboxylic acids is 1. The van der Waals surface area contributed by atoms with Crippen LogP contribution in [0.3, 0.4) is 0 Å². The Labute approximate surface area is 156 Å². The minimum Gasteiger partial charge on any atom is -0.444 e. The van der Waals surface area contributed by atoms with E-state index < -0.39 is 13.9 Å². The quantitative estimate of drug-likeness (QED) is 0.497. The van der Waals surface area contributed by atoms with E-state index in [0.717, 1.165) is 6.42 Å². The normalized spacial score (nSPS) is 14.6. The van der Waals surface area contributed by atoms with Gasteiger partial charge in [-0.3, -0.25) is 0 Å². The molecule has 0 rings (SSSR count). The molecule has 1 atom stereocenters. The number of nitrogens with zero attached hydrogens (tertiary/aromatic N) is 1. The van der Waals surface area contributed by atoms with Crippen molar-refractivity contribution in [3.8, 4) is 0 Å². The Hall–Kier alpha value is -0.593. The zero-order chi connectivity index (χ0) is 20.1. The molecule has 0 fully saturated rings. The Morgan fingerprint density at radius 2 is 1.64 bits per heavy atom. The van der Waals surface area contributed by atoms with Crippen LogP contribution in [-0.4, -0.2) is 50.6 Å². The number of hydrogen-bond donors (Lipinski definition) is 1. The molecule has 25 heavy (non-hydrogen) atoms. The molecule has 6 heteroatoms. The molecule has 0 spiro atoms. The summed E-state index contributed by atoms with van der Waals surface area (Å²) < 4.78 is 11.7. The fourth-order valence-electron chi connectivity index (χ4n) is 1.85. The third-order valence-corrected chi connectivity index (χ3v) is 9.32. The van der Waals surface area contributed by atoms with Gasteiger partial charge in [0.15, 0.2) is 8.32 Å². The first-order valence-corrected chi connectivity index (χ1v) is 12.3. The smallest absolute Gasteiger partial charge is 0.410 e. The minimum absolute atomic E-state index is 0.0613. The molecule has 0 aliphatic carbocycles. The van der Waals surface area contributed by atoms with E-state index in [1.807, 2.05) is 20.8 Å². The van der Waals surface area contributed by atoms with Gasteiger partial charge in [-0.25, -0.2) is 4.79 Å². The summed E-state index contributed by atoms with van der Waals surface area (Å²) in [5.74, 6) is 0.313. The summed E-state index contributed by atoms with van der Waals surface area (Å²) in [7, 11) is -1.75. The molecule has 0 aromatic heterocycles. The number of nitrogens with two attached hydrogens (primary N) is 1. The third kappa shape index (κ3) is 9.61. The lowest BCUT2D eigenvalue weighted by molar-refractivity contribution is 0.0222. The third-order valence-electron chi connectivity index (χ3n) is 4.78. The molecular weight excluding hydrogens is 332 g/mol. The van der Waals surface area contributed by atoms with Gasteiger partial charge >= 0.3 is 6.09 Å². The van der Waals surface area contributed by atoms with Crippen LogP contribution in [-0.2, 0) is 9.16 Å². The molecule has 0 heterocycles. The van der Waals surface area contributed by atoms with Crippen molar-refractivity contribution in [2.75, 3.05) is 19.7 Å². The fourth-order valence-corrected chi connectivity index (χ4v) is 2.94. The average molecular weight is 375 g/mol. The maximum atomic E-state index is 12.5. The van der Waals surface area contributed by atoms with E-state index in [-0.39, 0.29) is 17.2 Å². The van der Waals surface area contributed by atoms with Gasteiger partial charge in [-0.2, -0.15) is 0 Å². The van der Waals surface area contributed by atoms with Crippen LogP contribution in [0.4, 0.5) is 4.79 Å². The Balaban J connectivity index is 4.71. The second-order valence-corrected chi connectivity index (χ2v) is 14.6. The van der Waals surface area contributed by atoms with Crippen LogP contribution < -0.4 is 5.73 Å². The summed E-state index contributed by atoms with van der Waals surface area (Å²) in [5, 5.41) is 0.192. The lowest BCUT2D eigenvalue weighted by Gasteiger charge is -2.36. The van der Waals surface area contributed by atoms with Crippen molar-refractivity contribution in [1.29, 1.82) is 0 Å². The highest BCUT2D eigenvalue weighted by Crippen LogP contribution is 2.36. The molecule has 0 aliphatic heterocycles. The van der Waals surface area contributed by atoms with E-state index in [2.05, 4.69) is 47.7 Å². The maximum absolute atomic E-state index is 12.5. The summed E-state index contributed by atoms with van der Waals surface area (Å²) in [5.41, 5.74) is 5.67. The van der Waals surface area contributed by atoms with E-state index in [0.29, 0.717) is 25.6 Å². The van der Waals surface area contributed by atoms with Crippen LogP contribution in [0.2, 0.25) is 18.1 Å². The van der Waals surface area contributed by atoms with Crippen molar-refractivity contribution in [3.63, 3.8) is 0 Å². The van der Waals surface area contributed by atoms with E-state index in [1.54, 1.807) is 4.90 Å². The van der Waals surface area contributed by atoms with Crippen molar-refractivity contribution >= 4 is 14.4 Å². The number of ether oxygens (including phenoxy) is 1. The molecule has 0 saturated carbocycles. The lowest BCUT2D eigenvalue weighted by atomic mass is 10.1. The van der Waals surface area contributed by atoms with Crippen molar-refractivity contribution in [3.05, 3.63) is 0 Å². The summed E-state index contributed by atoms with van der Waals surface area (Å²) >= 11 is 0. The van der Waals surface area contributed by atoms with Gasteiger partial charge in [0, 0.05) is 25.7 Å². The van der Waals surface area contributed by atoms with Crippen molar-refractivity contribution in [2.45, 2.75) is 91.6 Å². The van der Waals surface area contributed by atoms with E-state index in [9.17, 15) is 4.79 Å². The highest BCUT2D eigenvalue weighted by atomic mass is 28.4. The number of amides is 1. The van der Waals surface area contributed by atoms with Crippen molar-refractivity contribution < 1.29 is 14.0 Å². The van der Waals surface area contributed by atoms with Gasteiger partial charge in [-0.15, -0.1) is 0 Å². The van der Waals surface area contributed by atoms with Crippen LogP contribution in [0.5, 0.6) is 0 Å². The van der Waals surface area contributed by atoms with Crippen LogP contribution in [0.1, 0.15) is 61.8 Å². The monoisotopic (exact) mass is 374 g/mol. The van der Waals surface area contributed by atoms with Gasteiger partial charge in [0.25, 0.3) is 0 Å². The molecule has 0 radical (unpaired) electrons. The molecule has 2 N–H and O–H groups in total. The van der Waals surface area contributed by atoms with Gasteiger partial charge in [0.2, 0.25) is 0 Å². The molecule has 0 saturated heterocycles. The molecule has 0 aromatic carbocycles. The molecule has 0 bridgehead atoms. The van der Waals surface area contributed by atoms with Crippen LogP contribution >= 0.6 is 0 Å². The minimum atomic E-state index is -1.75. The maximum Gasteiger partial charge on any atom is 0.410 e. The van der Waals surface area contributed by atoms with E-state index in [1.165, 1.54) is 0 Å². The summed E-state index contributed by atoms with van der Waals surface area (Å²) in [6.45, 7) is 22.7. The van der Waals surface area contributed by atoms with Gasteiger partial charge < -0.3 is 19.8 Å². The van der Waals surface area contributed by atoms with E-state index in [4.69, 9.17) is 14.9 Å². The van der Waals surface area contributed by atoms with Gasteiger partial charge in [-0.05, 0) is 51.2 Å². The number of hydrogen-bond acceptors (Lipinski definition) is 4. The zero-order valence-electron chi connectivity index (χ0n) is 18.2. The lowest BCUT2D eigenvalue weighted by Crippen LogP contribution is -2.46. The zero-order valence-corrected chi connectivity index (χ0v) is 19.2. The second-order valence-electron chi connectivity index (χ2n) is 9.80. The highest BCUT2D eigenvalue weighted by molar-refractivity contribution is 6.74. The van der Waals surface area contributed by atoms with Crippen molar-refractivity contribution in [2.24, 2.45) is 11.7 Å². The molecule has 0 aromatic rings. The Morgan fingerprint density at radius 3 is 2.04 bits per heavy atom. The summed E-state index contributed by atoms with van der Waals surface area (Å²) in [6.07, 6.45) is 0.493. The first-order valence-electron chi connectivity index (χ1n) is 9.44. The van der Waals surface area contributed by atoms with Crippen molar-refractivity contribution in [1.82, 2.24) is 4.90 Å². The van der Waals surface area contributed by atoms with Gasteiger partial charge in [0.05, 0.1) is 0 Å². The SMILES string of the molecule is CC(C)[C@@H](N)CN(CCCO[Si](C)(C)C(C)(C)C)C(=O)OC(C)(C)C. The molecule has 0 aliphatic rings. The molecule has 0 unspecified atom stereocenters. The van der Waals surface area contributed by atoms with E-state index >= 15 is 0 Å². The Morgan fingerprint density at radius 1 is 1.12 bits per heavy atom. The molecule has 1 amide bonds. The van der Waals surface area contributed by atoms with Gasteiger partial charge in [0.1, 0.15) is 5.60 Å². The molecular formula is C19H42N2O3Si. The Bertz CT molecular complexity index is 412. The average Bonchev–Trinajstić information content (AvgIpc) is 2.38. The number of carbonyl (C=O) groups is 1.